The van der Waals surface area contributed by atoms with E-state index in [4.69, 9.17) is 33.4 Å². The number of nitrogens with two attached hydrogens (primary N) is 1. The van der Waals surface area contributed by atoms with Crippen molar-refractivity contribution in [2.24, 2.45) is 0 Å². The minimum absolute atomic E-state index is 0.0432. The Hall–Kier alpha value is -3.78. The van der Waals surface area contributed by atoms with Gasteiger partial charge in [-0.1, -0.05) is 0 Å². The van der Waals surface area contributed by atoms with E-state index in [1.807, 2.05) is 0 Å². The number of nitrogen functional groups attached to an aromatic ring is 1. The molecule has 44 heavy (non-hydrogen) atoms. The highest BCUT2D eigenvalue weighted by Crippen LogP contribution is 2.49. The Balaban J connectivity index is 1.13. The van der Waals surface area contributed by atoms with Crippen LogP contribution in [0, 0.1) is 0 Å². The van der Waals surface area contributed by atoms with Gasteiger partial charge in [0.05, 0.1) is 31.4 Å². The summed E-state index contributed by atoms with van der Waals surface area (Å²) in [7, 11) is -3.50. The summed E-state index contributed by atoms with van der Waals surface area (Å²) in [6.45, 7) is -1.22. The zero-order chi connectivity index (χ0) is 31.2. The van der Waals surface area contributed by atoms with Gasteiger partial charge in [0.1, 0.15) is 54.4 Å². The van der Waals surface area contributed by atoms with E-state index >= 15 is 0 Å². The number of hydrogen-bond donors (Lipinski definition) is 5. The number of nitrogens with one attached hydrogen (secondary N) is 1. The number of aromatic amines is 1. The molecule has 0 radical (unpaired) electrons. The van der Waals surface area contributed by atoms with Gasteiger partial charge in [-0.15, -0.1) is 0 Å². The van der Waals surface area contributed by atoms with E-state index in [1.165, 1.54) is 42.9 Å². The zero-order valence-electron chi connectivity index (χ0n) is 22.9. The van der Waals surface area contributed by atoms with Crippen molar-refractivity contribution in [3.8, 4) is 11.3 Å². The SMILES string of the molecule is COC1[C@@H](O)[C@@H](COP(=O)(O)OC2C[C@H](n3cc(-c4ccco4)c(=O)[nH]c3=O)O[C@@H]2CO)O[C@H]1n1cnc2c(N)ncnc21. The highest BCUT2D eigenvalue weighted by molar-refractivity contribution is 7.47. The van der Waals surface area contributed by atoms with Crippen LogP contribution >= 0.6 is 7.82 Å². The number of nitrogens with zero attached hydrogens (tertiary/aromatic N) is 5. The number of methoxy groups -OCH3 is 1. The van der Waals surface area contributed by atoms with Gasteiger partial charge in [-0.25, -0.2) is 24.3 Å². The summed E-state index contributed by atoms with van der Waals surface area (Å²) in [5, 5.41) is 20.7. The third-order valence-corrected chi connectivity index (χ3v) is 8.35. The van der Waals surface area contributed by atoms with Crippen molar-refractivity contribution in [3.63, 3.8) is 0 Å². The first-order valence-corrected chi connectivity index (χ1v) is 14.7. The largest absolute Gasteiger partial charge is 0.472 e. The summed E-state index contributed by atoms with van der Waals surface area (Å²) in [6, 6.07) is 3.09. The average Bonchev–Trinajstić information content (AvgIpc) is 3.78. The molecule has 20 heteroatoms. The number of aliphatic hydroxyl groups excluding tert-OH is 2. The second-order valence-corrected chi connectivity index (χ2v) is 11.4. The highest BCUT2D eigenvalue weighted by atomic mass is 31.2. The fourth-order valence-electron chi connectivity index (χ4n) is 5.21. The molecule has 6 rings (SSSR count). The van der Waals surface area contributed by atoms with E-state index in [-0.39, 0.29) is 23.6 Å². The molecule has 6 N–H and O–H groups in total. The Kier molecular flexibility index (Phi) is 8.22. The fourth-order valence-corrected chi connectivity index (χ4v) is 6.17. The quantitative estimate of drug-likeness (QED) is 0.134. The maximum Gasteiger partial charge on any atom is 0.472 e. The lowest BCUT2D eigenvalue weighted by atomic mass is 10.1. The van der Waals surface area contributed by atoms with Crippen molar-refractivity contribution in [1.29, 1.82) is 0 Å². The molecule has 19 nitrogen and oxygen atoms in total. The van der Waals surface area contributed by atoms with Crippen LogP contribution in [0.2, 0.25) is 0 Å². The second-order valence-electron chi connectivity index (χ2n) is 9.98. The summed E-state index contributed by atoms with van der Waals surface area (Å²) in [5.41, 5.74) is 5.02. The molecule has 6 heterocycles. The topological polar surface area (TPSA) is 262 Å². The van der Waals surface area contributed by atoms with Crippen LogP contribution in [0.3, 0.4) is 0 Å². The summed E-state index contributed by atoms with van der Waals surface area (Å²) in [5.74, 6) is 0.341. The second kappa shape index (κ2) is 12.0. The Bertz CT molecular complexity index is 1790. The van der Waals surface area contributed by atoms with Crippen LogP contribution in [0.15, 0.2) is 51.3 Å². The molecule has 2 fully saturated rings. The number of hydrogen-bond acceptors (Lipinski definition) is 15. The van der Waals surface area contributed by atoms with Crippen molar-refractivity contribution >= 4 is 24.8 Å². The molecular weight excluding hydrogens is 609 g/mol. The van der Waals surface area contributed by atoms with Crippen molar-refractivity contribution in [2.75, 3.05) is 26.1 Å². The summed E-state index contributed by atoms with van der Waals surface area (Å²) >= 11 is 0. The standard InChI is InChI=1S/C24H28N7O12P/c1-38-19-18(33)15(42-23(19)31-10-28-17-20(25)26-9-27-21(17)31)8-40-44(36,37)43-13-5-16(41-14(13)7-32)30-6-11(12-3-2-4-39-12)22(34)29-24(30)35/h2-4,6,9-10,13-16,18-19,23,32-33H,5,7-8H2,1H3,(H,36,37)(H2,25,26,27)(H,29,34,35)/t13?,14-,15-,16-,18+,19?,23-/m1/s1. The molecule has 0 spiro atoms. The van der Waals surface area contributed by atoms with Crippen LogP contribution in [0.25, 0.3) is 22.5 Å². The van der Waals surface area contributed by atoms with E-state index in [1.54, 1.807) is 6.07 Å². The van der Waals surface area contributed by atoms with E-state index in [9.17, 15) is 29.3 Å². The van der Waals surface area contributed by atoms with Crippen LogP contribution in [-0.2, 0) is 27.8 Å². The molecule has 236 valence electrons. The molecule has 0 saturated carbocycles. The minimum Gasteiger partial charge on any atom is -0.464 e. The van der Waals surface area contributed by atoms with Crippen molar-refractivity contribution in [2.45, 2.75) is 49.4 Å². The first kappa shape index (κ1) is 30.3. The first-order valence-electron chi connectivity index (χ1n) is 13.2. The Morgan fingerprint density at radius 3 is 2.75 bits per heavy atom. The summed E-state index contributed by atoms with van der Waals surface area (Å²) < 4.78 is 48.3. The number of aliphatic hydroxyl groups is 2. The van der Waals surface area contributed by atoms with Crippen LogP contribution in [0.5, 0.6) is 0 Å². The summed E-state index contributed by atoms with van der Waals surface area (Å²) in [6.07, 6.45) is -2.72. The van der Waals surface area contributed by atoms with Gasteiger partial charge in [0.15, 0.2) is 17.7 Å². The monoisotopic (exact) mass is 637 g/mol. The molecule has 8 atom stereocenters. The zero-order valence-corrected chi connectivity index (χ0v) is 23.8. The van der Waals surface area contributed by atoms with Crippen molar-refractivity contribution in [3.05, 3.63) is 58.1 Å². The summed E-state index contributed by atoms with van der Waals surface area (Å²) in [4.78, 5) is 49.8. The van der Waals surface area contributed by atoms with Gasteiger partial charge in [0.2, 0.25) is 0 Å². The predicted molar refractivity (Wildman–Crippen MR) is 146 cm³/mol. The van der Waals surface area contributed by atoms with Gasteiger partial charge >= 0.3 is 13.5 Å². The maximum absolute atomic E-state index is 13.0. The van der Waals surface area contributed by atoms with Crippen molar-refractivity contribution < 1.29 is 47.3 Å². The van der Waals surface area contributed by atoms with Gasteiger partial charge in [0.25, 0.3) is 5.56 Å². The lowest BCUT2D eigenvalue weighted by molar-refractivity contribution is -0.0627. The molecule has 0 bridgehead atoms. The Labute approximate surface area is 246 Å². The minimum atomic E-state index is -4.85. The van der Waals surface area contributed by atoms with Gasteiger partial charge < -0.3 is 39.5 Å². The smallest absolute Gasteiger partial charge is 0.464 e. The molecular formula is C24H28N7O12P. The van der Waals surface area contributed by atoms with Gasteiger partial charge in [0, 0.05) is 19.7 Å². The van der Waals surface area contributed by atoms with Gasteiger partial charge in [-0.05, 0) is 12.1 Å². The van der Waals surface area contributed by atoms with Gasteiger partial charge in [-0.2, -0.15) is 0 Å². The van der Waals surface area contributed by atoms with Crippen LogP contribution in [0.1, 0.15) is 18.9 Å². The number of H-pyrrole nitrogens is 1. The predicted octanol–water partition coefficient (Wildman–Crippen LogP) is -0.726. The van der Waals surface area contributed by atoms with Crippen LogP contribution < -0.4 is 17.0 Å². The first-order chi connectivity index (χ1) is 21.1. The van der Waals surface area contributed by atoms with E-state index in [0.717, 1.165) is 4.57 Å². The number of fused-ring (bicyclic) bond motifs is 1. The van der Waals surface area contributed by atoms with Crippen molar-refractivity contribution in [1.82, 2.24) is 29.1 Å². The lowest BCUT2D eigenvalue weighted by Crippen LogP contribution is -2.35. The third kappa shape index (κ3) is 5.60. The lowest BCUT2D eigenvalue weighted by Gasteiger charge is -2.21. The normalized spacial score (nSPS) is 28.5. The molecule has 2 saturated heterocycles. The molecule has 0 aliphatic carbocycles. The number of anilines is 1. The molecule has 3 unspecified atom stereocenters. The molecule has 0 aromatic carbocycles. The maximum atomic E-state index is 13.0. The van der Waals surface area contributed by atoms with E-state index in [0.29, 0.717) is 11.2 Å². The number of rotatable bonds is 10. The Morgan fingerprint density at radius 1 is 1.20 bits per heavy atom. The number of aromatic nitrogens is 6. The highest BCUT2D eigenvalue weighted by Gasteiger charge is 2.47. The molecule has 4 aromatic heterocycles. The fraction of sp³-hybridized carbons (Fsp3) is 0.458. The van der Waals surface area contributed by atoms with Gasteiger partial charge in [-0.3, -0.25) is 28.0 Å². The number of furan rings is 1. The van der Waals surface area contributed by atoms with Crippen LogP contribution in [0.4, 0.5) is 5.82 Å². The number of ether oxygens (including phenoxy) is 3. The number of imidazole rings is 1. The van der Waals surface area contributed by atoms with E-state index in [2.05, 4.69) is 19.9 Å². The Morgan fingerprint density at radius 2 is 2.02 bits per heavy atom. The van der Waals surface area contributed by atoms with Crippen LogP contribution in [-0.4, -0.2) is 95.0 Å². The molecule has 0 amide bonds. The molecule has 2 aliphatic rings. The number of phosphoric ester groups is 1. The molecule has 4 aromatic rings. The molecule has 2 aliphatic heterocycles. The number of phosphoric acid groups is 1. The van der Waals surface area contributed by atoms with E-state index < -0.39 is 75.3 Å². The third-order valence-electron chi connectivity index (χ3n) is 7.34. The average molecular weight is 637 g/mol.